The first-order chi connectivity index (χ1) is 8.99. The van der Waals surface area contributed by atoms with Crippen molar-refractivity contribution < 1.29 is 14.6 Å². The molecule has 1 aromatic rings. The molecule has 1 aliphatic rings. The number of carboxylic acid groups (broad SMARTS) is 1. The second kappa shape index (κ2) is 5.52. The van der Waals surface area contributed by atoms with Crippen molar-refractivity contribution in [3.8, 4) is 0 Å². The molecule has 1 saturated heterocycles. The number of rotatable bonds is 4. The topological polar surface area (TPSA) is 84.3 Å². The van der Waals surface area contributed by atoms with Crippen LogP contribution in [0.25, 0.3) is 0 Å². The van der Waals surface area contributed by atoms with Crippen LogP contribution in [0.2, 0.25) is 0 Å². The molecule has 0 radical (unpaired) electrons. The van der Waals surface area contributed by atoms with Crippen LogP contribution in [-0.2, 0) is 9.53 Å². The molecule has 2 heterocycles. The summed E-state index contributed by atoms with van der Waals surface area (Å²) in [5.41, 5.74) is -0.114. The van der Waals surface area contributed by atoms with Gasteiger partial charge in [-0.2, -0.15) is 5.10 Å². The predicted molar refractivity (Wildman–Crippen MR) is 70.2 cm³/mol. The van der Waals surface area contributed by atoms with Gasteiger partial charge in [-0.3, -0.25) is 0 Å². The molecular weight excluding hydrogens is 246 g/mol. The number of aliphatic carboxylic acids is 1. The van der Waals surface area contributed by atoms with Crippen LogP contribution < -0.4 is 5.32 Å². The van der Waals surface area contributed by atoms with Crippen molar-refractivity contribution in [3.05, 3.63) is 17.8 Å². The normalized spacial score (nSPS) is 17.2. The molecule has 1 aromatic heterocycles. The summed E-state index contributed by atoms with van der Waals surface area (Å²) in [4.78, 5) is 11.0. The minimum absolute atomic E-state index is 0.391. The van der Waals surface area contributed by atoms with Gasteiger partial charge in [-0.1, -0.05) is 0 Å². The molecule has 1 fully saturated rings. The van der Waals surface area contributed by atoms with E-state index in [9.17, 15) is 4.79 Å². The fourth-order valence-electron chi connectivity index (χ4n) is 1.99. The number of carbonyl (C=O) groups is 1. The van der Waals surface area contributed by atoms with Crippen LogP contribution in [0.3, 0.4) is 0 Å². The lowest BCUT2D eigenvalue weighted by atomic mass is 9.96. The van der Waals surface area contributed by atoms with E-state index >= 15 is 0 Å². The van der Waals surface area contributed by atoms with E-state index in [-0.39, 0.29) is 0 Å². The Morgan fingerprint density at radius 2 is 2.05 bits per heavy atom. The van der Waals surface area contributed by atoms with Crippen LogP contribution in [0.4, 0.5) is 5.82 Å². The highest BCUT2D eigenvalue weighted by atomic mass is 16.5. The van der Waals surface area contributed by atoms with Gasteiger partial charge in [-0.15, -0.1) is 5.10 Å². The molecule has 0 saturated carbocycles. The van der Waals surface area contributed by atoms with Gasteiger partial charge in [-0.05, 0) is 38.8 Å². The summed E-state index contributed by atoms with van der Waals surface area (Å²) >= 11 is 0. The first-order valence-electron chi connectivity index (χ1n) is 6.42. The van der Waals surface area contributed by atoms with Crippen molar-refractivity contribution in [3.63, 3.8) is 0 Å². The van der Waals surface area contributed by atoms with Gasteiger partial charge in [-0.25, -0.2) is 4.79 Å². The number of carboxylic acids is 1. The third kappa shape index (κ3) is 3.41. The quantitative estimate of drug-likeness (QED) is 0.861. The Labute approximate surface area is 112 Å². The van der Waals surface area contributed by atoms with E-state index in [2.05, 4.69) is 15.5 Å². The molecular formula is C13H19N3O3. The predicted octanol–water partition coefficient (Wildman–Crippen LogP) is 1.65. The van der Waals surface area contributed by atoms with Crippen LogP contribution in [0.5, 0.6) is 0 Å². The van der Waals surface area contributed by atoms with Crippen LogP contribution in [0.15, 0.2) is 12.1 Å². The highest BCUT2D eigenvalue weighted by molar-refractivity contribution is 5.81. The smallest absolute Gasteiger partial charge is 0.328 e. The highest BCUT2D eigenvalue weighted by Crippen LogP contribution is 2.25. The maximum Gasteiger partial charge on any atom is 0.328 e. The van der Waals surface area contributed by atoms with Crippen molar-refractivity contribution in [2.45, 2.75) is 38.1 Å². The Kier molecular flexibility index (Phi) is 3.99. The Morgan fingerprint density at radius 1 is 1.37 bits per heavy atom. The fraction of sp³-hybridized carbons (Fsp3) is 0.615. The molecule has 6 heteroatoms. The Morgan fingerprint density at radius 3 is 2.58 bits per heavy atom. The molecule has 0 amide bonds. The standard InChI is InChI=1S/C13H19N3O3/c1-13(2,12(17)18)14-11-4-3-10(15-16-11)9-5-7-19-8-6-9/h3-4,9H,5-8H2,1-2H3,(H,14,16)(H,17,18). The van der Waals surface area contributed by atoms with Gasteiger partial charge < -0.3 is 15.2 Å². The summed E-state index contributed by atoms with van der Waals surface area (Å²) in [6, 6.07) is 3.69. The molecule has 0 aliphatic carbocycles. The zero-order chi connectivity index (χ0) is 13.9. The van der Waals surface area contributed by atoms with Crippen LogP contribution in [0, 0.1) is 0 Å². The fourth-order valence-corrected chi connectivity index (χ4v) is 1.99. The van der Waals surface area contributed by atoms with Crippen molar-refractivity contribution in [2.24, 2.45) is 0 Å². The van der Waals surface area contributed by atoms with Gasteiger partial charge in [0.25, 0.3) is 0 Å². The average Bonchev–Trinajstić information content (AvgIpc) is 2.40. The Balaban J connectivity index is 2.04. The van der Waals surface area contributed by atoms with E-state index in [4.69, 9.17) is 9.84 Å². The molecule has 1 aliphatic heterocycles. The van der Waals surface area contributed by atoms with Crippen LogP contribution in [-0.4, -0.2) is 40.0 Å². The second-order valence-corrected chi connectivity index (χ2v) is 5.29. The number of ether oxygens (including phenoxy) is 1. The van der Waals surface area contributed by atoms with Gasteiger partial charge >= 0.3 is 5.97 Å². The molecule has 2 N–H and O–H groups in total. The van der Waals surface area contributed by atoms with E-state index in [0.29, 0.717) is 11.7 Å². The number of hydrogen-bond acceptors (Lipinski definition) is 5. The molecule has 0 unspecified atom stereocenters. The summed E-state index contributed by atoms with van der Waals surface area (Å²) < 4.78 is 5.31. The van der Waals surface area contributed by atoms with Crippen molar-refractivity contribution in [2.75, 3.05) is 18.5 Å². The molecule has 19 heavy (non-hydrogen) atoms. The molecule has 0 aromatic carbocycles. The average molecular weight is 265 g/mol. The van der Waals surface area contributed by atoms with E-state index in [0.717, 1.165) is 31.7 Å². The number of anilines is 1. The lowest BCUT2D eigenvalue weighted by molar-refractivity contribution is -0.141. The number of hydrogen-bond donors (Lipinski definition) is 2. The van der Waals surface area contributed by atoms with Gasteiger partial charge in [0.1, 0.15) is 11.4 Å². The van der Waals surface area contributed by atoms with Crippen molar-refractivity contribution in [1.29, 1.82) is 0 Å². The Bertz CT molecular complexity index is 439. The third-order valence-electron chi connectivity index (χ3n) is 3.30. The highest BCUT2D eigenvalue weighted by Gasteiger charge is 2.27. The van der Waals surface area contributed by atoms with Crippen LogP contribution in [0.1, 0.15) is 38.3 Å². The lowest BCUT2D eigenvalue weighted by Crippen LogP contribution is -2.40. The van der Waals surface area contributed by atoms with Gasteiger partial charge in [0.2, 0.25) is 0 Å². The number of nitrogens with one attached hydrogen (secondary N) is 1. The van der Waals surface area contributed by atoms with Crippen molar-refractivity contribution >= 4 is 11.8 Å². The number of aromatic nitrogens is 2. The summed E-state index contributed by atoms with van der Waals surface area (Å²) in [5.74, 6) is -0.0613. The SMILES string of the molecule is CC(C)(Nc1ccc(C2CCOCC2)nn1)C(=O)O. The zero-order valence-electron chi connectivity index (χ0n) is 11.2. The number of nitrogens with zero attached hydrogens (tertiary/aromatic N) is 2. The zero-order valence-corrected chi connectivity index (χ0v) is 11.2. The van der Waals surface area contributed by atoms with E-state index in [1.54, 1.807) is 19.9 Å². The minimum atomic E-state index is -1.06. The van der Waals surface area contributed by atoms with Gasteiger partial charge in [0, 0.05) is 19.1 Å². The third-order valence-corrected chi connectivity index (χ3v) is 3.30. The largest absolute Gasteiger partial charge is 0.480 e. The summed E-state index contributed by atoms with van der Waals surface area (Å²) in [7, 11) is 0. The van der Waals surface area contributed by atoms with E-state index in [1.807, 2.05) is 6.07 Å². The second-order valence-electron chi connectivity index (χ2n) is 5.29. The Hall–Kier alpha value is -1.69. The molecule has 0 bridgehead atoms. The first kappa shape index (κ1) is 13.7. The van der Waals surface area contributed by atoms with E-state index in [1.165, 1.54) is 0 Å². The van der Waals surface area contributed by atoms with Crippen molar-refractivity contribution in [1.82, 2.24) is 10.2 Å². The molecule has 104 valence electrons. The summed E-state index contributed by atoms with van der Waals surface area (Å²) in [6.45, 7) is 4.70. The lowest BCUT2D eigenvalue weighted by Gasteiger charge is -2.23. The summed E-state index contributed by atoms with van der Waals surface area (Å²) in [5, 5.41) is 20.1. The first-order valence-corrected chi connectivity index (χ1v) is 6.42. The van der Waals surface area contributed by atoms with Gasteiger partial charge in [0.15, 0.2) is 0 Å². The van der Waals surface area contributed by atoms with Crippen LogP contribution >= 0.6 is 0 Å². The molecule has 6 nitrogen and oxygen atoms in total. The summed E-state index contributed by atoms with van der Waals surface area (Å²) in [6.07, 6.45) is 1.92. The molecule has 0 atom stereocenters. The maximum atomic E-state index is 11.0. The maximum absolute atomic E-state index is 11.0. The van der Waals surface area contributed by atoms with Gasteiger partial charge in [0.05, 0.1) is 5.69 Å². The molecule has 2 rings (SSSR count). The minimum Gasteiger partial charge on any atom is -0.480 e. The molecule has 0 spiro atoms. The monoisotopic (exact) mass is 265 g/mol. The van der Waals surface area contributed by atoms with E-state index < -0.39 is 11.5 Å².